The molecule has 0 aliphatic rings. The van der Waals surface area contributed by atoms with Crippen LogP contribution < -0.4 is 4.74 Å². The monoisotopic (exact) mass is 1190 g/mol. The summed E-state index contributed by atoms with van der Waals surface area (Å²) in [6.07, 6.45) is 0. The number of esters is 1. The van der Waals surface area contributed by atoms with Gasteiger partial charge in [-0.3, -0.25) is 13.7 Å². The summed E-state index contributed by atoms with van der Waals surface area (Å²) >= 11 is 0. The fraction of sp³-hybridized carbons (Fsp3) is 0.0606. The van der Waals surface area contributed by atoms with Crippen LogP contribution in [-0.4, -0.2) is 71.8 Å². The van der Waals surface area contributed by atoms with Gasteiger partial charge in [-0.05, 0) is 173 Å². The van der Waals surface area contributed by atoms with Gasteiger partial charge in [0.2, 0.25) is 0 Å². The van der Waals surface area contributed by atoms with Gasteiger partial charge in [-0.25, -0.2) is 9.59 Å². The molecule has 0 aromatic heterocycles. The second-order valence-electron chi connectivity index (χ2n) is 20.7. The van der Waals surface area contributed by atoms with Gasteiger partial charge in [-0.1, -0.05) is 115 Å². The molecule has 0 spiro atoms. The van der Waals surface area contributed by atoms with Crippen molar-refractivity contribution in [3.05, 3.63) is 223 Å². The first kappa shape index (κ1) is 58.5. The predicted molar refractivity (Wildman–Crippen MR) is 321 cm³/mol. The maximum absolute atomic E-state index is 13.9. The lowest BCUT2D eigenvalue weighted by atomic mass is 9.92. The maximum atomic E-state index is 13.9. The van der Waals surface area contributed by atoms with Crippen molar-refractivity contribution in [3.8, 4) is 112 Å². The summed E-state index contributed by atoms with van der Waals surface area (Å²) in [5.41, 5.74) is 2.34. The first-order chi connectivity index (χ1) is 40.2. The van der Waals surface area contributed by atoms with E-state index in [1.807, 2.05) is 0 Å². The van der Waals surface area contributed by atoms with Crippen molar-refractivity contribution in [3.63, 3.8) is 0 Å². The van der Waals surface area contributed by atoms with Crippen LogP contribution in [0.15, 0.2) is 227 Å². The fourth-order valence-corrected chi connectivity index (χ4v) is 12.7. The van der Waals surface area contributed by atoms with Crippen molar-refractivity contribution in [2.45, 2.75) is 41.1 Å². The quantitative estimate of drug-likeness (QED) is 0.0411. The minimum absolute atomic E-state index is 0.0145. The number of aromatic hydroxyl groups is 2. The van der Waals surface area contributed by atoms with Crippen LogP contribution in [0.5, 0.6) is 23.0 Å². The number of carbonyl (C=O) groups is 2. The Kier molecular flexibility index (Phi) is 15.7. The minimum Gasteiger partial charge on any atom is -0.508 e. The Hall–Kier alpha value is -9.73. The molecular formula is C66H50O16S3. The number of hydrogen-bond acceptors (Lipinski definition) is 12. The summed E-state index contributed by atoms with van der Waals surface area (Å²) in [5, 5.41) is 30.2. The molecule has 6 N–H and O–H groups in total. The van der Waals surface area contributed by atoms with Crippen LogP contribution in [0.2, 0.25) is 0 Å². The van der Waals surface area contributed by atoms with Gasteiger partial charge in [0.05, 0.1) is 11.1 Å². The smallest absolute Gasteiger partial charge is 0.338 e. The number of aromatic carboxylic acids is 1. The van der Waals surface area contributed by atoms with Crippen LogP contribution >= 0.6 is 0 Å². The molecule has 0 saturated heterocycles. The molecular weight excluding hydrogens is 1140 g/mol. The molecule has 0 bridgehead atoms. The standard InChI is InChI=1S/C66H50O16S3/c1-66(2,3)82-65(71)50-37-58(43-21-29-54(30-22-43)81-53-27-19-42(20-28-53)56-34-48(39-15-23-51(67)24-16-39)33-55(61(56)83(72,73)74)41-17-25-52(68)26-18-41)63(85(78,79)80)60(38-50)47-14-8-12-45(32-47)44-11-7-13-46(31-44)59-36-49(64(69)70)35-57(62(59)84(75,76)77)40-9-5-4-6-10-40/h4-38,67-68H,1-3H3,(H,69,70)(H,72,73,74)(H,75,76,77)(H,78,79,80). The van der Waals surface area contributed by atoms with Gasteiger partial charge in [0.15, 0.2) is 0 Å². The van der Waals surface area contributed by atoms with Gasteiger partial charge < -0.3 is 24.8 Å². The lowest BCUT2D eigenvalue weighted by molar-refractivity contribution is 0.00690. The fourth-order valence-electron chi connectivity index (χ4n) is 9.94. The molecule has 0 saturated carbocycles. The highest BCUT2D eigenvalue weighted by molar-refractivity contribution is 7.86. The van der Waals surface area contributed by atoms with Crippen LogP contribution in [0.4, 0.5) is 0 Å². The number of benzene rings is 10. The summed E-state index contributed by atoms with van der Waals surface area (Å²) in [5.74, 6) is -1.68. The highest BCUT2D eigenvalue weighted by Crippen LogP contribution is 2.44. The second-order valence-corrected chi connectivity index (χ2v) is 24.8. The third kappa shape index (κ3) is 12.9. The van der Waals surface area contributed by atoms with Gasteiger partial charge in [0.25, 0.3) is 30.4 Å². The van der Waals surface area contributed by atoms with Crippen molar-refractivity contribution in [2.24, 2.45) is 0 Å². The first-order valence-electron chi connectivity index (χ1n) is 25.9. The number of carboxylic acid groups (broad SMARTS) is 1. The third-order valence-electron chi connectivity index (χ3n) is 13.6. The number of hydrogen-bond donors (Lipinski definition) is 6. The van der Waals surface area contributed by atoms with Crippen LogP contribution in [0.25, 0.3) is 89.0 Å². The molecule has 16 nitrogen and oxygen atoms in total. The number of carbonyl (C=O) groups excluding carboxylic acids is 1. The molecule has 10 aromatic rings. The van der Waals surface area contributed by atoms with Crippen LogP contribution in [0.3, 0.4) is 0 Å². The van der Waals surface area contributed by atoms with Crippen molar-refractivity contribution in [1.29, 1.82) is 0 Å². The summed E-state index contributed by atoms with van der Waals surface area (Å²) in [6, 6.07) is 53.4. The highest BCUT2D eigenvalue weighted by Gasteiger charge is 2.30. The zero-order valence-electron chi connectivity index (χ0n) is 45.2. The Balaban J connectivity index is 1.03. The molecule has 19 heteroatoms. The minimum atomic E-state index is -5.14. The summed E-state index contributed by atoms with van der Waals surface area (Å²) < 4.78 is 125. The topological polar surface area (TPSA) is 276 Å². The van der Waals surface area contributed by atoms with Crippen LogP contribution in [-0.2, 0) is 35.1 Å². The Morgan fingerprint density at radius 2 is 0.671 bits per heavy atom. The molecule has 0 radical (unpaired) electrons. The summed E-state index contributed by atoms with van der Waals surface area (Å²) in [4.78, 5) is 24.9. The highest BCUT2D eigenvalue weighted by atomic mass is 32.2. The average Bonchev–Trinajstić information content (AvgIpc) is 1.05. The number of phenolic OH excluding ortho intramolecular Hbond substituents is 2. The maximum Gasteiger partial charge on any atom is 0.338 e. The molecule has 10 rings (SSSR count). The molecule has 0 atom stereocenters. The largest absolute Gasteiger partial charge is 0.508 e. The normalized spacial score (nSPS) is 11.9. The first-order valence-corrected chi connectivity index (χ1v) is 30.2. The molecule has 0 amide bonds. The molecule has 0 aliphatic heterocycles. The zero-order valence-corrected chi connectivity index (χ0v) is 47.6. The Morgan fingerprint density at radius 3 is 1.05 bits per heavy atom. The van der Waals surface area contributed by atoms with Crippen molar-refractivity contribution in [2.75, 3.05) is 0 Å². The van der Waals surface area contributed by atoms with E-state index in [0.717, 1.165) is 6.07 Å². The van der Waals surface area contributed by atoms with E-state index in [9.17, 15) is 63.8 Å². The van der Waals surface area contributed by atoms with E-state index in [2.05, 4.69) is 0 Å². The van der Waals surface area contributed by atoms with Gasteiger partial charge in [0.1, 0.15) is 43.3 Å². The van der Waals surface area contributed by atoms with E-state index in [0.29, 0.717) is 38.9 Å². The Morgan fingerprint density at radius 1 is 0.353 bits per heavy atom. The lowest BCUT2D eigenvalue weighted by Gasteiger charge is -2.21. The average molecular weight is 1200 g/mol. The van der Waals surface area contributed by atoms with E-state index < -0.39 is 62.6 Å². The van der Waals surface area contributed by atoms with E-state index in [4.69, 9.17) is 9.47 Å². The lowest BCUT2D eigenvalue weighted by Crippen LogP contribution is -2.24. The number of phenols is 2. The molecule has 0 unspecified atom stereocenters. The predicted octanol–water partition coefficient (Wildman–Crippen LogP) is 14.6. The number of ether oxygens (including phenoxy) is 2. The Bertz CT molecular complexity index is 4620. The van der Waals surface area contributed by atoms with Gasteiger partial charge >= 0.3 is 11.9 Å². The van der Waals surface area contributed by atoms with Crippen molar-refractivity contribution in [1.82, 2.24) is 0 Å². The summed E-state index contributed by atoms with van der Waals surface area (Å²) in [6.45, 7) is 4.98. The number of carboxylic acids is 1. The van der Waals surface area contributed by atoms with Gasteiger partial charge in [-0.15, -0.1) is 0 Å². The van der Waals surface area contributed by atoms with E-state index >= 15 is 0 Å². The zero-order chi connectivity index (χ0) is 60.8. The number of rotatable bonds is 15. The second kappa shape index (κ2) is 22.8. The van der Waals surface area contributed by atoms with Gasteiger partial charge in [0, 0.05) is 33.4 Å². The SMILES string of the molecule is CC(C)(C)OC(=O)c1cc(-c2ccc(Oc3ccc(-c4cc(-c5ccc(O)cc5)cc(-c5ccc(O)cc5)c4S(=O)(=O)O)cc3)cc2)c(S(=O)(=O)O)c(-c2cccc(-c3cccc(-c4cc(C(=O)O)cc(-c5ccccc5)c4S(=O)(=O)O)c3)c2)c1. The Labute approximate surface area is 489 Å². The third-order valence-corrected chi connectivity index (χ3v) is 16.5. The molecule has 0 aliphatic carbocycles. The van der Waals surface area contributed by atoms with E-state index in [1.54, 1.807) is 148 Å². The molecule has 10 aromatic carbocycles. The van der Waals surface area contributed by atoms with E-state index in [-0.39, 0.29) is 84.2 Å². The molecule has 428 valence electrons. The van der Waals surface area contributed by atoms with Gasteiger partial charge in [-0.2, -0.15) is 25.3 Å². The van der Waals surface area contributed by atoms with E-state index in [1.165, 1.54) is 78.9 Å². The van der Waals surface area contributed by atoms with Crippen LogP contribution in [0, 0.1) is 0 Å². The molecule has 85 heavy (non-hydrogen) atoms. The summed E-state index contributed by atoms with van der Waals surface area (Å²) in [7, 11) is -15.0. The molecule has 0 fully saturated rings. The van der Waals surface area contributed by atoms with Crippen LogP contribution in [0.1, 0.15) is 41.5 Å². The van der Waals surface area contributed by atoms with Crippen molar-refractivity contribution >= 4 is 42.3 Å². The molecule has 0 heterocycles. The van der Waals surface area contributed by atoms with Crippen molar-refractivity contribution < 1.29 is 73.3 Å².